The molecule has 0 saturated carbocycles. The van der Waals surface area contributed by atoms with E-state index < -0.39 is 34.8 Å². The van der Waals surface area contributed by atoms with Crippen LogP contribution in [0.3, 0.4) is 0 Å². The van der Waals surface area contributed by atoms with E-state index in [2.05, 4.69) is 16.2 Å². The Hall–Kier alpha value is -4.01. The lowest BCUT2D eigenvalue weighted by molar-refractivity contribution is 0.0846. The molecule has 3 aromatic rings. The van der Waals surface area contributed by atoms with Gasteiger partial charge in [-0.2, -0.15) is 0 Å². The Kier molecular flexibility index (Phi) is 6.44. The largest absolute Gasteiger partial charge is 0.503 e. The maximum Gasteiger partial charge on any atom is 0.269 e. The highest BCUT2D eigenvalue weighted by Gasteiger charge is 2.16. The number of amides is 2. The molecule has 2 amide bonds. The Morgan fingerprint density at radius 2 is 1.42 bits per heavy atom. The summed E-state index contributed by atoms with van der Waals surface area (Å²) in [6.45, 7) is 2.24. The Bertz CT molecular complexity index is 1110. The third-order valence-corrected chi connectivity index (χ3v) is 4.46. The first-order chi connectivity index (χ1) is 14.7. The predicted molar refractivity (Wildman–Crippen MR) is 108 cm³/mol. The van der Waals surface area contributed by atoms with Crippen molar-refractivity contribution in [3.63, 3.8) is 0 Å². The summed E-state index contributed by atoms with van der Waals surface area (Å²) < 4.78 is 39.8. The number of phenols is 1. The number of nitrogens with one attached hydrogen (secondary N) is 3. The van der Waals surface area contributed by atoms with E-state index in [0.29, 0.717) is 24.4 Å². The molecule has 0 aromatic heterocycles. The number of phenolic OH excluding ortho intramolecular Hbond substituents is 1. The molecule has 9 heteroatoms. The molecule has 3 aromatic carbocycles. The fraction of sp³-hybridized carbons (Fsp3) is 0.0909. The molecule has 0 heterocycles. The number of aryl methyl sites for hydroxylation is 1. The van der Waals surface area contributed by atoms with Gasteiger partial charge in [0.2, 0.25) is 0 Å². The van der Waals surface area contributed by atoms with Crippen molar-refractivity contribution in [2.75, 3.05) is 5.32 Å². The lowest BCUT2D eigenvalue weighted by Gasteiger charge is -2.13. The van der Waals surface area contributed by atoms with Gasteiger partial charge in [0.25, 0.3) is 11.8 Å². The van der Waals surface area contributed by atoms with Crippen LogP contribution in [0.15, 0.2) is 54.6 Å². The van der Waals surface area contributed by atoms with Gasteiger partial charge in [-0.1, -0.05) is 18.2 Å². The molecule has 31 heavy (non-hydrogen) atoms. The van der Waals surface area contributed by atoms with Crippen LogP contribution < -0.4 is 16.2 Å². The summed E-state index contributed by atoms with van der Waals surface area (Å²) in [5.41, 5.74) is 6.38. The van der Waals surface area contributed by atoms with Crippen molar-refractivity contribution in [2.24, 2.45) is 0 Å². The fourth-order valence-electron chi connectivity index (χ4n) is 2.71. The van der Waals surface area contributed by atoms with Crippen molar-refractivity contribution in [3.05, 3.63) is 94.3 Å². The van der Waals surface area contributed by atoms with Crippen LogP contribution >= 0.6 is 0 Å². The lowest BCUT2D eigenvalue weighted by Crippen LogP contribution is -2.41. The van der Waals surface area contributed by atoms with Crippen molar-refractivity contribution >= 4 is 17.5 Å². The molecule has 4 N–H and O–H groups in total. The molecular formula is C22H18F3N3O3. The van der Waals surface area contributed by atoms with Gasteiger partial charge in [0.15, 0.2) is 17.4 Å². The van der Waals surface area contributed by atoms with E-state index in [4.69, 9.17) is 5.11 Å². The van der Waals surface area contributed by atoms with Crippen LogP contribution in [-0.4, -0.2) is 16.9 Å². The number of hydrogen-bond donors (Lipinski definition) is 4. The molecule has 0 fully saturated rings. The van der Waals surface area contributed by atoms with Gasteiger partial charge < -0.3 is 10.4 Å². The zero-order valence-electron chi connectivity index (χ0n) is 16.3. The Balaban J connectivity index is 1.64. The molecule has 0 spiro atoms. The zero-order chi connectivity index (χ0) is 22.5. The Morgan fingerprint density at radius 1 is 0.839 bits per heavy atom. The van der Waals surface area contributed by atoms with E-state index in [-0.39, 0.29) is 11.4 Å². The number of benzene rings is 3. The van der Waals surface area contributed by atoms with E-state index in [1.165, 1.54) is 12.1 Å². The molecule has 6 nitrogen and oxygen atoms in total. The van der Waals surface area contributed by atoms with Gasteiger partial charge in [-0.15, -0.1) is 0 Å². The second-order valence-corrected chi connectivity index (χ2v) is 6.71. The summed E-state index contributed by atoms with van der Waals surface area (Å²) in [7, 11) is 0. The zero-order valence-corrected chi connectivity index (χ0v) is 16.3. The molecule has 0 radical (unpaired) electrons. The summed E-state index contributed by atoms with van der Waals surface area (Å²) in [6.07, 6.45) is 0. The van der Waals surface area contributed by atoms with Gasteiger partial charge in [0.1, 0.15) is 5.82 Å². The third-order valence-electron chi connectivity index (χ3n) is 4.46. The highest BCUT2D eigenvalue weighted by Crippen LogP contribution is 2.21. The van der Waals surface area contributed by atoms with Crippen LogP contribution in [0, 0.1) is 24.4 Å². The molecular weight excluding hydrogens is 411 g/mol. The van der Waals surface area contributed by atoms with Gasteiger partial charge in [-0.3, -0.25) is 20.4 Å². The minimum atomic E-state index is -1.30. The van der Waals surface area contributed by atoms with E-state index in [1.54, 1.807) is 30.3 Å². The standard InChI is InChI=1S/C22H18F3N3O3/c1-12-2-5-14(10-19(12)26-11-13-3-6-16(23)7-4-13)21(30)27-28-22(31)15-8-17(24)20(29)18(25)9-15/h2-10,26,29H,11H2,1H3,(H,27,30)(H,28,31). The number of halogens is 3. The van der Waals surface area contributed by atoms with E-state index in [9.17, 15) is 22.8 Å². The molecule has 0 aliphatic heterocycles. The van der Waals surface area contributed by atoms with E-state index in [0.717, 1.165) is 11.1 Å². The number of hydrazine groups is 1. The summed E-state index contributed by atoms with van der Waals surface area (Å²) >= 11 is 0. The number of anilines is 1. The summed E-state index contributed by atoms with van der Waals surface area (Å²) in [5.74, 6) is -5.75. The molecule has 0 saturated heterocycles. The molecule has 0 aliphatic carbocycles. The number of carbonyl (C=O) groups excluding carboxylic acids is 2. The van der Waals surface area contributed by atoms with Gasteiger partial charge in [0.05, 0.1) is 0 Å². The molecule has 160 valence electrons. The van der Waals surface area contributed by atoms with Crippen LogP contribution in [0.25, 0.3) is 0 Å². The summed E-state index contributed by atoms with van der Waals surface area (Å²) in [6, 6.07) is 12.1. The quantitative estimate of drug-likeness (QED) is 0.465. The lowest BCUT2D eigenvalue weighted by atomic mass is 10.1. The topological polar surface area (TPSA) is 90.5 Å². The molecule has 0 aliphatic rings. The maximum atomic E-state index is 13.4. The first kappa shape index (κ1) is 21.7. The van der Waals surface area contributed by atoms with Gasteiger partial charge in [-0.05, 0) is 54.4 Å². The van der Waals surface area contributed by atoms with Crippen molar-refractivity contribution < 1.29 is 27.9 Å². The highest BCUT2D eigenvalue weighted by atomic mass is 19.1. The van der Waals surface area contributed by atoms with Crippen LogP contribution in [0.5, 0.6) is 5.75 Å². The highest BCUT2D eigenvalue weighted by molar-refractivity contribution is 5.99. The van der Waals surface area contributed by atoms with Gasteiger partial charge >= 0.3 is 0 Å². The van der Waals surface area contributed by atoms with Crippen molar-refractivity contribution in [1.29, 1.82) is 0 Å². The monoisotopic (exact) mass is 429 g/mol. The average molecular weight is 429 g/mol. The van der Waals surface area contributed by atoms with Crippen molar-refractivity contribution in [1.82, 2.24) is 10.9 Å². The average Bonchev–Trinajstić information content (AvgIpc) is 2.75. The van der Waals surface area contributed by atoms with Gasteiger partial charge in [0, 0.05) is 23.4 Å². The second kappa shape index (κ2) is 9.21. The van der Waals surface area contributed by atoms with Crippen molar-refractivity contribution in [3.8, 4) is 5.75 Å². The first-order valence-corrected chi connectivity index (χ1v) is 9.12. The minimum absolute atomic E-state index is 0.218. The van der Waals surface area contributed by atoms with Crippen molar-refractivity contribution in [2.45, 2.75) is 13.5 Å². The van der Waals surface area contributed by atoms with E-state index in [1.807, 2.05) is 6.92 Å². The normalized spacial score (nSPS) is 10.5. The Morgan fingerprint density at radius 3 is 2.03 bits per heavy atom. The smallest absolute Gasteiger partial charge is 0.269 e. The van der Waals surface area contributed by atoms with E-state index >= 15 is 0 Å². The summed E-state index contributed by atoms with van der Waals surface area (Å²) in [5, 5.41) is 12.2. The Labute approximate surface area is 175 Å². The maximum absolute atomic E-state index is 13.4. The number of rotatable bonds is 5. The fourth-order valence-corrected chi connectivity index (χ4v) is 2.71. The van der Waals surface area contributed by atoms with Crippen LogP contribution in [0.2, 0.25) is 0 Å². The first-order valence-electron chi connectivity index (χ1n) is 9.12. The molecule has 3 rings (SSSR count). The number of aromatic hydroxyl groups is 1. The van der Waals surface area contributed by atoms with Crippen LogP contribution in [-0.2, 0) is 6.54 Å². The number of carbonyl (C=O) groups is 2. The predicted octanol–water partition coefficient (Wildman–Crippen LogP) is 3.80. The molecule has 0 unspecified atom stereocenters. The molecule has 0 atom stereocenters. The second-order valence-electron chi connectivity index (χ2n) is 6.71. The third kappa shape index (κ3) is 5.33. The van der Waals surface area contributed by atoms with Gasteiger partial charge in [-0.25, -0.2) is 13.2 Å². The minimum Gasteiger partial charge on any atom is -0.503 e. The van der Waals surface area contributed by atoms with Crippen LogP contribution in [0.1, 0.15) is 31.8 Å². The summed E-state index contributed by atoms with van der Waals surface area (Å²) in [4.78, 5) is 24.4. The van der Waals surface area contributed by atoms with Crippen LogP contribution in [0.4, 0.5) is 18.9 Å². The SMILES string of the molecule is Cc1ccc(C(=O)NNC(=O)c2cc(F)c(O)c(F)c2)cc1NCc1ccc(F)cc1. The number of hydrogen-bond acceptors (Lipinski definition) is 4. The molecule has 0 bridgehead atoms.